The zero-order valence-electron chi connectivity index (χ0n) is 14.0. The van der Waals surface area contributed by atoms with Gasteiger partial charge in [-0.2, -0.15) is 0 Å². The molecule has 1 aromatic carbocycles. The molecule has 1 fully saturated rings. The fourth-order valence-electron chi connectivity index (χ4n) is 2.38. The van der Waals surface area contributed by atoms with Crippen molar-refractivity contribution in [2.75, 3.05) is 13.1 Å². The smallest absolute Gasteiger partial charge is 0.317 e. The van der Waals surface area contributed by atoms with E-state index in [-0.39, 0.29) is 11.3 Å². The number of H-pyrrole nitrogens is 2. The van der Waals surface area contributed by atoms with Crippen LogP contribution in [0, 0.1) is 15.9 Å². The van der Waals surface area contributed by atoms with Crippen molar-refractivity contribution in [1.82, 2.24) is 15.3 Å². The summed E-state index contributed by atoms with van der Waals surface area (Å²) in [5.74, 6) is -0.529. The van der Waals surface area contributed by atoms with Gasteiger partial charge >= 0.3 is 16.9 Å². The van der Waals surface area contributed by atoms with Crippen LogP contribution in [-0.2, 0) is 0 Å². The van der Waals surface area contributed by atoms with Crippen molar-refractivity contribution in [1.29, 1.82) is 0 Å². The molecule has 0 atom stereocenters. The molecule has 2 aromatic rings. The SMILES string of the molecule is C1CCNCC1.O=c1[nH]c(/C=C/c2ccccc2F)c([N+](=O)[O-])c(=O)[nH]1. The molecule has 0 amide bonds. The highest BCUT2D eigenvalue weighted by atomic mass is 19.1. The number of benzene rings is 1. The molecule has 0 aliphatic carbocycles. The minimum Gasteiger partial charge on any atom is -0.317 e. The molecule has 0 radical (unpaired) electrons. The number of hydrogen-bond acceptors (Lipinski definition) is 5. The topological polar surface area (TPSA) is 121 Å². The predicted octanol–water partition coefficient (Wildman–Crippen LogP) is 2.04. The second-order valence-corrected chi connectivity index (χ2v) is 5.59. The summed E-state index contributed by atoms with van der Waals surface area (Å²) in [5, 5.41) is 14.1. The highest BCUT2D eigenvalue weighted by Gasteiger charge is 2.18. The van der Waals surface area contributed by atoms with E-state index in [0.29, 0.717) is 0 Å². The number of nitro groups is 1. The number of hydrogen-bond donors (Lipinski definition) is 3. The number of nitrogens with one attached hydrogen (secondary N) is 3. The van der Waals surface area contributed by atoms with Gasteiger partial charge < -0.3 is 10.3 Å². The zero-order valence-corrected chi connectivity index (χ0v) is 14.0. The van der Waals surface area contributed by atoms with Crippen LogP contribution in [0.1, 0.15) is 30.5 Å². The van der Waals surface area contributed by atoms with Gasteiger partial charge in [-0.25, -0.2) is 9.18 Å². The molecule has 0 unspecified atom stereocenters. The van der Waals surface area contributed by atoms with Crippen molar-refractivity contribution in [3.63, 3.8) is 0 Å². The molecule has 0 saturated carbocycles. The van der Waals surface area contributed by atoms with Gasteiger partial charge in [0.25, 0.3) is 0 Å². The molecule has 1 saturated heterocycles. The summed E-state index contributed by atoms with van der Waals surface area (Å²) in [6.45, 7) is 2.50. The number of aromatic nitrogens is 2. The van der Waals surface area contributed by atoms with Gasteiger partial charge in [0.1, 0.15) is 11.5 Å². The molecule has 2 heterocycles. The first-order chi connectivity index (χ1) is 12.5. The van der Waals surface area contributed by atoms with Gasteiger partial charge in [0.2, 0.25) is 0 Å². The first-order valence-electron chi connectivity index (χ1n) is 8.13. The second kappa shape index (κ2) is 9.42. The normalized spacial score (nSPS) is 13.9. The van der Waals surface area contributed by atoms with Gasteiger partial charge in [-0.3, -0.25) is 19.9 Å². The quantitative estimate of drug-likeness (QED) is 0.570. The standard InChI is InChI=1S/C12H8FN3O4.C5H11N/c13-8-4-2-1-3-7(8)5-6-9-10(16(19)20)11(17)15-12(18)14-9;1-2-4-6-5-3-1/h1-6H,(H2,14,15,17,18);6H,1-5H2/b6-5+;. The number of piperidine rings is 1. The van der Waals surface area contributed by atoms with Crippen LogP contribution in [0.3, 0.4) is 0 Å². The van der Waals surface area contributed by atoms with Crippen LogP contribution in [0.2, 0.25) is 0 Å². The summed E-state index contributed by atoms with van der Waals surface area (Å²) in [4.78, 5) is 36.2. The van der Waals surface area contributed by atoms with E-state index in [0.717, 1.165) is 6.08 Å². The van der Waals surface area contributed by atoms with Crippen molar-refractivity contribution in [3.8, 4) is 0 Å². The Morgan fingerprint density at radius 1 is 1.04 bits per heavy atom. The molecule has 1 aromatic heterocycles. The Morgan fingerprint density at radius 2 is 1.73 bits per heavy atom. The van der Waals surface area contributed by atoms with Gasteiger partial charge in [-0.05, 0) is 44.1 Å². The first kappa shape index (κ1) is 19.3. The van der Waals surface area contributed by atoms with Crippen molar-refractivity contribution in [2.24, 2.45) is 0 Å². The summed E-state index contributed by atoms with van der Waals surface area (Å²) in [7, 11) is 0. The molecule has 3 rings (SSSR count). The highest BCUT2D eigenvalue weighted by Crippen LogP contribution is 2.14. The van der Waals surface area contributed by atoms with E-state index in [9.17, 15) is 24.1 Å². The fourth-order valence-corrected chi connectivity index (χ4v) is 2.38. The first-order valence-corrected chi connectivity index (χ1v) is 8.13. The minimum absolute atomic E-state index is 0.169. The maximum atomic E-state index is 13.4. The molecule has 0 spiro atoms. The van der Waals surface area contributed by atoms with Crippen molar-refractivity contribution in [2.45, 2.75) is 19.3 Å². The van der Waals surface area contributed by atoms with Gasteiger partial charge in [0.15, 0.2) is 0 Å². The lowest BCUT2D eigenvalue weighted by Gasteiger charge is -2.08. The van der Waals surface area contributed by atoms with Crippen LogP contribution in [-0.4, -0.2) is 28.0 Å². The summed E-state index contributed by atoms with van der Waals surface area (Å²) >= 11 is 0. The van der Waals surface area contributed by atoms with Crippen molar-refractivity contribution in [3.05, 3.63) is 72.3 Å². The third-order valence-corrected chi connectivity index (χ3v) is 3.67. The van der Waals surface area contributed by atoms with E-state index in [1.54, 1.807) is 11.1 Å². The van der Waals surface area contributed by atoms with E-state index >= 15 is 0 Å². The van der Waals surface area contributed by atoms with Crippen molar-refractivity contribution < 1.29 is 9.31 Å². The third kappa shape index (κ3) is 5.49. The Hall–Kier alpha value is -3.07. The number of rotatable bonds is 3. The van der Waals surface area contributed by atoms with Gasteiger partial charge in [-0.1, -0.05) is 24.6 Å². The second-order valence-electron chi connectivity index (χ2n) is 5.59. The van der Waals surface area contributed by atoms with Crippen LogP contribution in [0.4, 0.5) is 10.1 Å². The van der Waals surface area contributed by atoms with Gasteiger partial charge in [0, 0.05) is 5.56 Å². The van der Waals surface area contributed by atoms with E-state index in [4.69, 9.17) is 0 Å². The number of halogens is 1. The Bertz CT molecular complexity index is 889. The average Bonchev–Trinajstić information content (AvgIpc) is 2.62. The highest BCUT2D eigenvalue weighted by molar-refractivity contribution is 5.71. The molecule has 1 aliphatic rings. The maximum absolute atomic E-state index is 13.4. The lowest BCUT2D eigenvalue weighted by Crippen LogP contribution is -2.25. The Labute approximate surface area is 147 Å². The number of nitrogens with zero attached hydrogens (tertiary/aromatic N) is 1. The molecule has 8 nitrogen and oxygen atoms in total. The van der Waals surface area contributed by atoms with Crippen LogP contribution >= 0.6 is 0 Å². The van der Waals surface area contributed by atoms with Crippen LogP contribution in [0.25, 0.3) is 12.2 Å². The Kier molecular flexibility index (Phi) is 6.98. The van der Waals surface area contributed by atoms with Crippen LogP contribution < -0.4 is 16.6 Å². The monoisotopic (exact) mass is 362 g/mol. The van der Waals surface area contributed by atoms with Gasteiger partial charge in [0.05, 0.1) is 4.92 Å². The molecule has 9 heteroatoms. The van der Waals surface area contributed by atoms with Crippen LogP contribution in [0.15, 0.2) is 33.9 Å². The van der Waals surface area contributed by atoms with Crippen molar-refractivity contribution >= 4 is 17.8 Å². The molecule has 0 bridgehead atoms. The van der Waals surface area contributed by atoms with E-state index < -0.39 is 27.7 Å². The zero-order chi connectivity index (χ0) is 18.9. The molecule has 1 aliphatic heterocycles. The minimum atomic E-state index is -1.12. The van der Waals surface area contributed by atoms with E-state index in [1.807, 2.05) is 0 Å². The molecule has 26 heavy (non-hydrogen) atoms. The number of aromatic amines is 2. The van der Waals surface area contributed by atoms with E-state index in [1.165, 1.54) is 56.6 Å². The fraction of sp³-hybridized carbons (Fsp3) is 0.294. The summed E-state index contributed by atoms with van der Waals surface area (Å²) in [6.07, 6.45) is 6.55. The van der Waals surface area contributed by atoms with Gasteiger partial charge in [-0.15, -0.1) is 0 Å². The lowest BCUT2D eigenvalue weighted by atomic mass is 10.2. The molecular formula is C17H19FN4O4. The Balaban J connectivity index is 0.000000342. The van der Waals surface area contributed by atoms with E-state index in [2.05, 4.69) is 10.3 Å². The average molecular weight is 362 g/mol. The Morgan fingerprint density at radius 3 is 2.27 bits per heavy atom. The predicted molar refractivity (Wildman–Crippen MR) is 96.4 cm³/mol. The van der Waals surface area contributed by atoms with Crippen LogP contribution in [0.5, 0.6) is 0 Å². The molecular weight excluding hydrogens is 343 g/mol. The molecule has 3 N–H and O–H groups in total. The summed E-state index contributed by atoms with van der Waals surface area (Å²) < 4.78 is 13.4. The summed E-state index contributed by atoms with van der Waals surface area (Å²) in [5.41, 5.74) is -2.94. The molecule has 138 valence electrons. The maximum Gasteiger partial charge on any atom is 0.357 e. The largest absolute Gasteiger partial charge is 0.357 e. The lowest BCUT2D eigenvalue weighted by molar-refractivity contribution is -0.386. The third-order valence-electron chi connectivity index (χ3n) is 3.67. The summed E-state index contributed by atoms with van der Waals surface area (Å²) in [6, 6.07) is 5.74.